The first kappa shape index (κ1) is 13.0. The maximum Gasteiger partial charge on any atom is 0.163 e. The van der Waals surface area contributed by atoms with Gasteiger partial charge in [-0.1, -0.05) is 25.0 Å². The summed E-state index contributed by atoms with van der Waals surface area (Å²) >= 11 is 0. The van der Waals surface area contributed by atoms with Crippen molar-refractivity contribution in [2.75, 3.05) is 7.05 Å². The Bertz CT molecular complexity index is 474. The predicted molar refractivity (Wildman–Crippen MR) is 71.8 cm³/mol. The van der Waals surface area contributed by atoms with Gasteiger partial charge in [-0.2, -0.15) is 0 Å². The molecule has 2 fully saturated rings. The first-order valence-electron chi connectivity index (χ1n) is 7.27. The summed E-state index contributed by atoms with van der Waals surface area (Å²) in [6.07, 6.45) is 5.09. The second-order valence-corrected chi connectivity index (χ2v) is 6.06. The normalized spacial score (nSPS) is 30.8. The van der Waals surface area contributed by atoms with Crippen LogP contribution in [0.25, 0.3) is 0 Å². The molecule has 0 aliphatic heterocycles. The second-order valence-electron chi connectivity index (χ2n) is 6.06. The summed E-state index contributed by atoms with van der Waals surface area (Å²) < 4.78 is 27.9. The molecule has 19 heavy (non-hydrogen) atoms. The van der Waals surface area contributed by atoms with Gasteiger partial charge in [-0.25, -0.2) is 8.78 Å². The number of halogens is 2. The van der Waals surface area contributed by atoms with E-state index in [2.05, 4.69) is 5.32 Å². The standard InChI is InChI=1S/C16H21F2N/c1-9-7-8-12(15(18)14(9)17)16(19-2)13-10-5-3-4-6-11(10)13/h7-8,10-11,13,16,19H,3-6H2,1-2H3. The van der Waals surface area contributed by atoms with Gasteiger partial charge in [0.2, 0.25) is 0 Å². The minimum absolute atomic E-state index is 0.0387. The number of fused-ring (bicyclic) bond motifs is 1. The molecule has 0 amide bonds. The molecule has 0 bridgehead atoms. The Hall–Kier alpha value is -0.960. The Balaban J connectivity index is 1.89. The molecule has 3 atom stereocenters. The summed E-state index contributed by atoms with van der Waals surface area (Å²) in [5, 5.41) is 3.22. The van der Waals surface area contributed by atoms with Gasteiger partial charge in [0, 0.05) is 11.6 Å². The number of hydrogen-bond donors (Lipinski definition) is 1. The quantitative estimate of drug-likeness (QED) is 0.872. The molecule has 1 aromatic rings. The van der Waals surface area contributed by atoms with E-state index in [1.54, 1.807) is 19.1 Å². The summed E-state index contributed by atoms with van der Waals surface area (Å²) in [6, 6.07) is 3.40. The van der Waals surface area contributed by atoms with Crippen LogP contribution in [0.15, 0.2) is 12.1 Å². The Morgan fingerprint density at radius 1 is 1.11 bits per heavy atom. The summed E-state index contributed by atoms with van der Waals surface area (Å²) in [7, 11) is 1.85. The molecule has 0 heterocycles. The van der Waals surface area contributed by atoms with E-state index in [9.17, 15) is 8.78 Å². The van der Waals surface area contributed by atoms with E-state index in [1.807, 2.05) is 7.05 Å². The highest BCUT2D eigenvalue weighted by Crippen LogP contribution is 2.60. The third-order valence-electron chi connectivity index (χ3n) is 5.06. The number of hydrogen-bond acceptors (Lipinski definition) is 1. The Labute approximate surface area is 113 Å². The predicted octanol–water partition coefficient (Wildman–Crippen LogP) is 3.97. The van der Waals surface area contributed by atoms with Gasteiger partial charge in [0.05, 0.1) is 0 Å². The largest absolute Gasteiger partial charge is 0.313 e. The molecule has 0 radical (unpaired) electrons. The maximum absolute atomic E-state index is 14.2. The lowest BCUT2D eigenvalue weighted by Crippen LogP contribution is -2.21. The van der Waals surface area contributed by atoms with E-state index >= 15 is 0 Å². The molecule has 3 rings (SSSR count). The van der Waals surface area contributed by atoms with Crippen molar-refractivity contribution >= 4 is 0 Å². The average molecular weight is 265 g/mol. The molecule has 2 aliphatic rings. The summed E-state index contributed by atoms with van der Waals surface area (Å²) in [4.78, 5) is 0. The van der Waals surface area contributed by atoms with Crippen molar-refractivity contribution in [3.63, 3.8) is 0 Å². The average Bonchev–Trinajstić information content (AvgIpc) is 3.14. The van der Waals surface area contributed by atoms with Crippen LogP contribution in [0.5, 0.6) is 0 Å². The van der Waals surface area contributed by atoms with Gasteiger partial charge in [-0.15, -0.1) is 0 Å². The monoisotopic (exact) mass is 265 g/mol. The third-order valence-corrected chi connectivity index (χ3v) is 5.06. The SMILES string of the molecule is CNC(c1ccc(C)c(F)c1F)C1C2CCCCC21. The second kappa shape index (κ2) is 4.86. The Morgan fingerprint density at radius 2 is 1.74 bits per heavy atom. The Kier molecular flexibility index (Phi) is 3.34. The molecule has 1 aromatic carbocycles. The van der Waals surface area contributed by atoms with Crippen LogP contribution < -0.4 is 5.32 Å². The van der Waals surface area contributed by atoms with E-state index < -0.39 is 11.6 Å². The van der Waals surface area contributed by atoms with Gasteiger partial charge in [0.1, 0.15) is 0 Å². The van der Waals surface area contributed by atoms with Crippen molar-refractivity contribution in [1.29, 1.82) is 0 Å². The first-order chi connectivity index (χ1) is 9.15. The van der Waals surface area contributed by atoms with Crippen molar-refractivity contribution in [1.82, 2.24) is 5.32 Å². The summed E-state index contributed by atoms with van der Waals surface area (Å²) in [6.45, 7) is 1.60. The van der Waals surface area contributed by atoms with Gasteiger partial charge in [0.25, 0.3) is 0 Å². The Morgan fingerprint density at radius 3 is 2.32 bits per heavy atom. The van der Waals surface area contributed by atoms with Gasteiger partial charge in [-0.3, -0.25) is 0 Å². The lowest BCUT2D eigenvalue weighted by molar-refractivity contribution is 0.432. The molecule has 1 N–H and O–H groups in total. The van der Waals surface area contributed by atoms with Crippen LogP contribution in [0.1, 0.15) is 42.9 Å². The molecule has 2 saturated carbocycles. The number of rotatable bonds is 3. The molecule has 3 heteroatoms. The van der Waals surface area contributed by atoms with E-state index in [-0.39, 0.29) is 6.04 Å². The van der Waals surface area contributed by atoms with Gasteiger partial charge < -0.3 is 5.32 Å². The van der Waals surface area contributed by atoms with Crippen LogP contribution in [0.3, 0.4) is 0 Å². The van der Waals surface area contributed by atoms with E-state index in [4.69, 9.17) is 0 Å². The zero-order valence-corrected chi connectivity index (χ0v) is 11.5. The van der Waals surface area contributed by atoms with E-state index in [0.29, 0.717) is 17.0 Å². The molecule has 1 nitrogen and oxygen atoms in total. The highest BCUT2D eigenvalue weighted by Gasteiger charge is 2.54. The minimum atomic E-state index is -0.693. The first-order valence-corrected chi connectivity index (χ1v) is 7.27. The molecule has 0 spiro atoms. The topological polar surface area (TPSA) is 12.0 Å². The highest BCUT2D eigenvalue weighted by atomic mass is 19.2. The number of aryl methyl sites for hydroxylation is 1. The molecule has 3 unspecified atom stereocenters. The fraction of sp³-hybridized carbons (Fsp3) is 0.625. The van der Waals surface area contributed by atoms with E-state index in [0.717, 1.165) is 11.8 Å². The zero-order valence-electron chi connectivity index (χ0n) is 11.5. The van der Waals surface area contributed by atoms with Crippen LogP contribution in [0, 0.1) is 36.3 Å². The smallest absolute Gasteiger partial charge is 0.163 e. The van der Waals surface area contributed by atoms with Crippen LogP contribution in [0.2, 0.25) is 0 Å². The van der Waals surface area contributed by atoms with E-state index in [1.165, 1.54) is 25.7 Å². The van der Waals surface area contributed by atoms with Crippen LogP contribution in [-0.4, -0.2) is 7.05 Å². The van der Waals surface area contributed by atoms with Crippen molar-refractivity contribution in [2.45, 2.75) is 38.6 Å². The molecular weight excluding hydrogens is 244 g/mol. The third kappa shape index (κ3) is 2.08. The number of benzene rings is 1. The fourth-order valence-corrected chi connectivity index (χ4v) is 4.00. The van der Waals surface area contributed by atoms with Crippen molar-refractivity contribution in [3.05, 3.63) is 34.9 Å². The van der Waals surface area contributed by atoms with Crippen LogP contribution in [-0.2, 0) is 0 Å². The van der Waals surface area contributed by atoms with Crippen molar-refractivity contribution < 1.29 is 8.78 Å². The van der Waals surface area contributed by atoms with Crippen molar-refractivity contribution in [2.24, 2.45) is 17.8 Å². The molecule has 0 saturated heterocycles. The van der Waals surface area contributed by atoms with Crippen LogP contribution in [0.4, 0.5) is 8.78 Å². The highest BCUT2D eigenvalue weighted by molar-refractivity contribution is 5.30. The molecule has 0 aromatic heterocycles. The van der Waals surface area contributed by atoms with Gasteiger partial charge in [0.15, 0.2) is 11.6 Å². The fourth-order valence-electron chi connectivity index (χ4n) is 4.00. The maximum atomic E-state index is 14.2. The molecule has 2 aliphatic carbocycles. The lowest BCUT2D eigenvalue weighted by atomic mass is 9.98. The van der Waals surface area contributed by atoms with Crippen LogP contribution >= 0.6 is 0 Å². The molecule has 104 valence electrons. The van der Waals surface area contributed by atoms with Gasteiger partial charge >= 0.3 is 0 Å². The molecular formula is C16H21F2N. The summed E-state index contributed by atoms with van der Waals surface area (Å²) in [5.74, 6) is 0.568. The lowest BCUT2D eigenvalue weighted by Gasteiger charge is -2.18. The number of nitrogens with one attached hydrogen (secondary N) is 1. The van der Waals surface area contributed by atoms with Crippen molar-refractivity contribution in [3.8, 4) is 0 Å². The summed E-state index contributed by atoms with van der Waals surface area (Å²) in [5.41, 5.74) is 0.884. The minimum Gasteiger partial charge on any atom is -0.313 e. The zero-order chi connectivity index (χ0) is 13.6. The van der Waals surface area contributed by atoms with Gasteiger partial charge in [-0.05, 0) is 50.1 Å².